The first-order valence-corrected chi connectivity index (χ1v) is 27.2. The molecule has 2 heteroatoms. The Hall–Kier alpha value is -8.98. The molecule has 0 amide bonds. The number of furan rings is 1. The Morgan fingerprint density at radius 3 is 1.44 bits per heavy atom. The van der Waals surface area contributed by atoms with Gasteiger partial charge in [-0.15, -0.1) is 0 Å². The third-order valence-corrected chi connectivity index (χ3v) is 16.7. The van der Waals surface area contributed by atoms with Crippen molar-refractivity contribution >= 4 is 39.0 Å². The van der Waals surface area contributed by atoms with E-state index in [1.807, 2.05) is 0 Å². The van der Waals surface area contributed by atoms with E-state index in [2.05, 4.69) is 295 Å². The molecule has 0 aliphatic heterocycles. The van der Waals surface area contributed by atoms with Crippen molar-refractivity contribution in [1.82, 2.24) is 0 Å². The Morgan fingerprint density at radius 2 is 0.779 bits per heavy atom. The molecule has 0 N–H and O–H groups in total. The van der Waals surface area contributed by atoms with Gasteiger partial charge in [-0.25, -0.2) is 0 Å². The summed E-state index contributed by atoms with van der Waals surface area (Å²) in [5, 5.41) is 2.19. The van der Waals surface area contributed by atoms with Crippen LogP contribution in [-0.2, 0) is 16.2 Å². The van der Waals surface area contributed by atoms with Gasteiger partial charge in [-0.3, -0.25) is 0 Å². The van der Waals surface area contributed by atoms with Crippen LogP contribution in [0.1, 0.15) is 74.9 Å². The number of rotatable bonds is 7. The maximum absolute atomic E-state index is 6.88. The van der Waals surface area contributed by atoms with Gasteiger partial charge in [-0.1, -0.05) is 254 Å². The molecular formula is C75H59NO. The van der Waals surface area contributed by atoms with Crippen molar-refractivity contribution < 1.29 is 4.42 Å². The van der Waals surface area contributed by atoms with Crippen molar-refractivity contribution in [2.24, 2.45) is 0 Å². The van der Waals surface area contributed by atoms with E-state index in [1.165, 1.54) is 83.5 Å². The largest absolute Gasteiger partial charge is 0.454 e. The second-order valence-electron chi connectivity index (χ2n) is 23.2. The number of hydrogen-bond donors (Lipinski definition) is 0. The molecule has 14 rings (SSSR count). The summed E-state index contributed by atoms with van der Waals surface area (Å²) in [6, 6.07) is 92.4. The Morgan fingerprint density at radius 1 is 0.312 bits per heavy atom. The molecule has 0 bridgehead atoms. The van der Waals surface area contributed by atoms with Crippen LogP contribution >= 0.6 is 0 Å². The van der Waals surface area contributed by atoms with Gasteiger partial charge in [0.15, 0.2) is 5.58 Å². The highest BCUT2D eigenvalue weighted by Gasteiger charge is 2.52. The van der Waals surface area contributed by atoms with Gasteiger partial charge in [-0.05, 0) is 142 Å². The molecule has 1 aromatic heterocycles. The number of nitrogens with zero attached hydrogens (tertiary/aromatic N) is 1. The van der Waals surface area contributed by atoms with Crippen molar-refractivity contribution in [1.29, 1.82) is 0 Å². The van der Waals surface area contributed by atoms with Gasteiger partial charge in [0.25, 0.3) is 0 Å². The second kappa shape index (κ2) is 17.5. The highest BCUT2D eigenvalue weighted by molar-refractivity contribution is 6.11. The van der Waals surface area contributed by atoms with Crippen LogP contribution in [0.4, 0.5) is 17.1 Å². The maximum atomic E-state index is 6.88. The highest BCUT2D eigenvalue weighted by Crippen LogP contribution is 2.64. The van der Waals surface area contributed by atoms with E-state index in [0.717, 1.165) is 55.7 Å². The average molecular weight is 990 g/mol. The van der Waals surface area contributed by atoms with Gasteiger partial charge < -0.3 is 9.32 Å². The van der Waals surface area contributed by atoms with Gasteiger partial charge >= 0.3 is 0 Å². The first-order valence-electron chi connectivity index (χ1n) is 27.2. The SMILES string of the molecule is CC(C)(C)c1ccc2c(c1)C1(c3ccccc3-c3ccc(-c4ccc(N(c5ccccc5-c5ccccc5-c5ccccc5-c5ccccc5)c5cccc6c5oc5ccccc56)cc4)cc31)c1cc(C(C)(C)C)ccc1-2. The molecule has 370 valence electrons. The van der Waals surface area contributed by atoms with Crippen molar-refractivity contribution in [3.63, 3.8) is 0 Å². The van der Waals surface area contributed by atoms with Crippen molar-refractivity contribution in [2.75, 3.05) is 4.90 Å². The Kier molecular flexibility index (Phi) is 10.6. The smallest absolute Gasteiger partial charge is 0.159 e. The third kappa shape index (κ3) is 7.30. The molecule has 77 heavy (non-hydrogen) atoms. The predicted molar refractivity (Wildman–Crippen MR) is 324 cm³/mol. The molecule has 12 aromatic rings. The monoisotopic (exact) mass is 989 g/mol. The summed E-state index contributed by atoms with van der Waals surface area (Å²) in [5.74, 6) is 0. The van der Waals surface area contributed by atoms with Crippen LogP contribution in [0.5, 0.6) is 0 Å². The summed E-state index contributed by atoms with van der Waals surface area (Å²) in [4.78, 5) is 2.41. The lowest BCUT2D eigenvalue weighted by atomic mass is 9.68. The zero-order valence-corrected chi connectivity index (χ0v) is 44.5. The van der Waals surface area contributed by atoms with Gasteiger partial charge in [0.1, 0.15) is 5.58 Å². The standard InChI is InChI=1S/C75H59NO/c1-73(2,3)51-38-43-60-61-44-39-52(74(4,5)6)47-68(61)75(67(60)46-51)65-31-17-14-27-58(65)59-42-37-50(45-66(59)75)48-35-40-53(41-36-48)76(70-33-20-30-64-63-29-16-19-34-71(63)77-72(64)70)69-32-18-15-28-62(69)57-26-13-12-25-56(57)55-24-11-10-23-54(55)49-21-8-7-9-22-49/h7-47H,1-6H3. The van der Waals surface area contributed by atoms with E-state index < -0.39 is 5.41 Å². The zero-order valence-electron chi connectivity index (χ0n) is 44.5. The van der Waals surface area contributed by atoms with E-state index in [-0.39, 0.29) is 10.8 Å². The molecule has 0 saturated carbocycles. The van der Waals surface area contributed by atoms with Crippen LogP contribution in [-0.4, -0.2) is 0 Å². The summed E-state index contributed by atoms with van der Waals surface area (Å²) in [6.45, 7) is 14.0. The minimum absolute atomic E-state index is 0.0202. The molecule has 0 saturated heterocycles. The first kappa shape index (κ1) is 46.5. The molecule has 11 aromatic carbocycles. The third-order valence-electron chi connectivity index (χ3n) is 16.7. The molecule has 0 radical (unpaired) electrons. The maximum Gasteiger partial charge on any atom is 0.159 e. The van der Waals surface area contributed by atoms with Gasteiger partial charge in [0, 0.05) is 22.0 Å². The van der Waals surface area contributed by atoms with Crippen LogP contribution in [0.15, 0.2) is 253 Å². The predicted octanol–water partition coefficient (Wildman–Crippen LogP) is 20.7. The highest BCUT2D eigenvalue weighted by atomic mass is 16.3. The lowest BCUT2D eigenvalue weighted by Crippen LogP contribution is -2.27. The number of hydrogen-bond acceptors (Lipinski definition) is 2. The molecule has 1 spiro atoms. The second-order valence-corrected chi connectivity index (χ2v) is 23.2. The van der Waals surface area contributed by atoms with E-state index in [1.54, 1.807) is 0 Å². The minimum Gasteiger partial charge on any atom is -0.454 e. The Bertz CT molecular complexity index is 4230. The molecule has 0 unspecified atom stereocenters. The molecule has 0 atom stereocenters. The van der Waals surface area contributed by atoms with Gasteiger partial charge in [0.2, 0.25) is 0 Å². The summed E-state index contributed by atoms with van der Waals surface area (Å²) in [7, 11) is 0. The van der Waals surface area contributed by atoms with Crippen molar-refractivity contribution in [3.8, 4) is 66.8 Å². The number of anilines is 3. The fourth-order valence-corrected chi connectivity index (χ4v) is 12.9. The van der Waals surface area contributed by atoms with Crippen LogP contribution in [0, 0.1) is 0 Å². The van der Waals surface area contributed by atoms with E-state index in [0.29, 0.717) is 0 Å². The van der Waals surface area contributed by atoms with Crippen molar-refractivity contribution in [3.05, 3.63) is 282 Å². The number of para-hydroxylation sites is 3. The van der Waals surface area contributed by atoms with Gasteiger partial charge in [-0.2, -0.15) is 0 Å². The topological polar surface area (TPSA) is 16.4 Å². The first-order chi connectivity index (χ1) is 37.5. The molecule has 2 nitrogen and oxygen atoms in total. The van der Waals surface area contributed by atoms with E-state index >= 15 is 0 Å². The Balaban J connectivity index is 0.952. The molecule has 2 aliphatic rings. The van der Waals surface area contributed by atoms with Crippen LogP contribution in [0.25, 0.3) is 88.7 Å². The van der Waals surface area contributed by atoms with Crippen LogP contribution in [0.3, 0.4) is 0 Å². The fourth-order valence-electron chi connectivity index (χ4n) is 12.9. The number of fused-ring (bicyclic) bond motifs is 13. The van der Waals surface area contributed by atoms with Crippen LogP contribution < -0.4 is 4.90 Å². The summed E-state index contributed by atoms with van der Waals surface area (Å²) < 4.78 is 6.88. The molecule has 0 fully saturated rings. The minimum atomic E-state index is -0.487. The zero-order chi connectivity index (χ0) is 52.2. The summed E-state index contributed by atoms with van der Waals surface area (Å²) >= 11 is 0. The van der Waals surface area contributed by atoms with Gasteiger partial charge in [0.05, 0.1) is 16.8 Å². The Labute approximate surface area is 452 Å². The summed E-state index contributed by atoms with van der Waals surface area (Å²) in [6.07, 6.45) is 0. The normalized spacial score (nSPS) is 13.2. The van der Waals surface area contributed by atoms with E-state index in [4.69, 9.17) is 4.42 Å². The van der Waals surface area contributed by atoms with E-state index in [9.17, 15) is 0 Å². The average Bonchev–Trinajstić information content (AvgIpc) is 3.48. The lowest BCUT2D eigenvalue weighted by Gasteiger charge is -2.33. The van der Waals surface area contributed by atoms with Crippen LogP contribution in [0.2, 0.25) is 0 Å². The van der Waals surface area contributed by atoms with Crippen molar-refractivity contribution in [2.45, 2.75) is 57.8 Å². The molecular weight excluding hydrogens is 931 g/mol. The number of benzene rings is 11. The molecule has 1 heterocycles. The quantitative estimate of drug-likeness (QED) is 0.158. The fraction of sp³-hybridized carbons (Fsp3) is 0.120. The summed E-state index contributed by atoms with van der Waals surface area (Å²) in [5.41, 5.74) is 27.0. The molecule has 2 aliphatic carbocycles. The lowest BCUT2D eigenvalue weighted by molar-refractivity contribution is 0.586.